The second kappa shape index (κ2) is 8.36. The van der Waals surface area contributed by atoms with Gasteiger partial charge in [-0.1, -0.05) is 33.8 Å². The number of carbonyl (C=O) groups is 1. The quantitative estimate of drug-likeness (QED) is 0.796. The number of hydrogen-bond acceptors (Lipinski definition) is 4. The van der Waals surface area contributed by atoms with Gasteiger partial charge in [0.05, 0.1) is 18.7 Å². The molecule has 1 amide bonds. The fraction of sp³-hybridized carbons (Fsp3) is 0.500. The standard InChI is InChI=1S/C20H29N3O3/c1-13(2)15-10-16(14(3)4)19(25)17(11-15)20(26)23(8-9-24)12-18-21-6-7-22(18)5/h6-7,10-11,13-14,24-25H,8-9,12H2,1-5H3. The SMILES string of the molecule is CC(C)c1cc(C(=O)N(CCO)Cc2nccn2C)c(O)c(C(C)C)c1. The van der Waals surface area contributed by atoms with Gasteiger partial charge in [-0.3, -0.25) is 4.79 Å². The molecule has 142 valence electrons. The topological polar surface area (TPSA) is 78.6 Å². The molecule has 0 saturated heterocycles. The molecule has 2 rings (SSSR count). The van der Waals surface area contributed by atoms with Crippen LogP contribution in [0.2, 0.25) is 0 Å². The van der Waals surface area contributed by atoms with Crippen LogP contribution < -0.4 is 0 Å². The molecule has 0 radical (unpaired) electrons. The number of carbonyl (C=O) groups excluding carboxylic acids is 1. The Morgan fingerprint density at radius 3 is 2.42 bits per heavy atom. The summed E-state index contributed by atoms with van der Waals surface area (Å²) < 4.78 is 1.83. The minimum absolute atomic E-state index is 0.0252. The Labute approximate surface area is 155 Å². The van der Waals surface area contributed by atoms with Gasteiger partial charge in [-0.15, -0.1) is 0 Å². The molecule has 2 N–H and O–H groups in total. The molecule has 0 aliphatic rings. The number of hydrogen-bond donors (Lipinski definition) is 2. The van der Waals surface area contributed by atoms with E-state index in [2.05, 4.69) is 18.8 Å². The van der Waals surface area contributed by atoms with Crippen molar-refractivity contribution in [3.05, 3.63) is 47.0 Å². The van der Waals surface area contributed by atoms with E-state index in [-0.39, 0.29) is 48.8 Å². The monoisotopic (exact) mass is 359 g/mol. The van der Waals surface area contributed by atoms with Crippen LogP contribution in [-0.4, -0.2) is 43.7 Å². The second-order valence-corrected chi connectivity index (χ2v) is 7.22. The van der Waals surface area contributed by atoms with Crippen LogP contribution in [0.15, 0.2) is 24.5 Å². The summed E-state index contributed by atoms with van der Waals surface area (Å²) in [6.45, 7) is 8.39. The van der Waals surface area contributed by atoms with E-state index in [4.69, 9.17) is 0 Å². The van der Waals surface area contributed by atoms with Crippen molar-refractivity contribution in [1.82, 2.24) is 14.5 Å². The van der Waals surface area contributed by atoms with E-state index in [0.717, 1.165) is 17.0 Å². The summed E-state index contributed by atoms with van der Waals surface area (Å²) in [7, 11) is 1.86. The van der Waals surface area contributed by atoms with E-state index in [9.17, 15) is 15.0 Å². The van der Waals surface area contributed by atoms with Crippen LogP contribution in [0.25, 0.3) is 0 Å². The third kappa shape index (κ3) is 4.25. The molecule has 0 bridgehead atoms. The number of rotatable bonds is 7. The van der Waals surface area contributed by atoms with Gasteiger partial charge in [0.15, 0.2) is 0 Å². The van der Waals surface area contributed by atoms with Gasteiger partial charge in [0, 0.05) is 26.0 Å². The van der Waals surface area contributed by atoms with Gasteiger partial charge >= 0.3 is 0 Å². The molecule has 6 nitrogen and oxygen atoms in total. The van der Waals surface area contributed by atoms with E-state index in [0.29, 0.717) is 0 Å². The van der Waals surface area contributed by atoms with Gasteiger partial charge in [-0.25, -0.2) is 4.98 Å². The Morgan fingerprint density at radius 2 is 1.92 bits per heavy atom. The van der Waals surface area contributed by atoms with Crippen molar-refractivity contribution in [3.63, 3.8) is 0 Å². The average Bonchev–Trinajstić information content (AvgIpc) is 2.98. The molecule has 0 fully saturated rings. The number of aliphatic hydroxyl groups excluding tert-OH is 1. The zero-order chi connectivity index (χ0) is 19.4. The van der Waals surface area contributed by atoms with Crippen molar-refractivity contribution in [2.45, 2.75) is 46.1 Å². The van der Waals surface area contributed by atoms with Crippen molar-refractivity contribution in [1.29, 1.82) is 0 Å². The molecular weight excluding hydrogens is 330 g/mol. The highest BCUT2D eigenvalue weighted by Crippen LogP contribution is 2.33. The lowest BCUT2D eigenvalue weighted by atomic mass is 9.91. The van der Waals surface area contributed by atoms with Gasteiger partial charge in [0.25, 0.3) is 5.91 Å². The van der Waals surface area contributed by atoms with Gasteiger partial charge in [-0.05, 0) is 29.0 Å². The molecule has 0 saturated carbocycles. The number of imidazole rings is 1. The predicted molar refractivity (Wildman–Crippen MR) is 101 cm³/mol. The number of amides is 1. The fourth-order valence-corrected chi connectivity index (χ4v) is 2.88. The molecule has 1 aromatic carbocycles. The smallest absolute Gasteiger partial charge is 0.258 e. The van der Waals surface area contributed by atoms with Crippen LogP contribution in [-0.2, 0) is 13.6 Å². The summed E-state index contributed by atoms with van der Waals surface area (Å²) in [4.78, 5) is 18.9. The Kier molecular flexibility index (Phi) is 6.42. The molecule has 1 heterocycles. The molecule has 2 aromatic rings. The normalized spacial score (nSPS) is 11.4. The average molecular weight is 359 g/mol. The molecule has 0 spiro atoms. The Morgan fingerprint density at radius 1 is 1.23 bits per heavy atom. The highest BCUT2D eigenvalue weighted by molar-refractivity contribution is 5.97. The van der Waals surface area contributed by atoms with E-state index >= 15 is 0 Å². The first-order valence-corrected chi connectivity index (χ1v) is 8.99. The number of benzene rings is 1. The number of nitrogens with zero attached hydrogens (tertiary/aromatic N) is 3. The summed E-state index contributed by atoms with van der Waals surface area (Å²) in [6, 6.07) is 3.73. The van der Waals surface area contributed by atoms with Gasteiger partial charge in [0.1, 0.15) is 11.6 Å². The first kappa shape index (κ1) is 20.0. The summed E-state index contributed by atoms with van der Waals surface area (Å²) >= 11 is 0. The molecule has 0 aliphatic carbocycles. The highest BCUT2D eigenvalue weighted by Gasteiger charge is 2.24. The molecule has 26 heavy (non-hydrogen) atoms. The first-order valence-electron chi connectivity index (χ1n) is 8.99. The van der Waals surface area contributed by atoms with Crippen molar-refractivity contribution in [2.75, 3.05) is 13.2 Å². The van der Waals surface area contributed by atoms with E-state index in [1.807, 2.05) is 37.7 Å². The summed E-state index contributed by atoms with van der Waals surface area (Å²) in [5, 5.41) is 20.1. The maximum absolute atomic E-state index is 13.2. The molecule has 0 atom stereocenters. The van der Waals surface area contributed by atoms with Crippen LogP contribution in [0.4, 0.5) is 0 Å². The number of phenols is 1. The predicted octanol–water partition coefficient (Wildman–Crippen LogP) is 3.01. The lowest BCUT2D eigenvalue weighted by Gasteiger charge is -2.24. The zero-order valence-corrected chi connectivity index (χ0v) is 16.2. The summed E-state index contributed by atoms with van der Waals surface area (Å²) in [6.07, 6.45) is 3.48. The maximum Gasteiger partial charge on any atom is 0.258 e. The van der Waals surface area contributed by atoms with Crippen LogP contribution in [0, 0.1) is 0 Å². The van der Waals surface area contributed by atoms with Crippen molar-refractivity contribution < 1.29 is 15.0 Å². The van der Waals surface area contributed by atoms with Crippen LogP contribution in [0.5, 0.6) is 5.75 Å². The first-order chi connectivity index (χ1) is 12.3. The number of aryl methyl sites for hydroxylation is 1. The van der Waals surface area contributed by atoms with Crippen LogP contribution >= 0.6 is 0 Å². The van der Waals surface area contributed by atoms with Gasteiger partial charge < -0.3 is 19.7 Å². The van der Waals surface area contributed by atoms with Crippen molar-refractivity contribution in [2.24, 2.45) is 7.05 Å². The third-order valence-electron chi connectivity index (χ3n) is 4.59. The largest absolute Gasteiger partial charge is 0.507 e. The minimum atomic E-state index is -0.302. The zero-order valence-electron chi connectivity index (χ0n) is 16.2. The molecule has 1 aromatic heterocycles. The molecule has 6 heteroatoms. The minimum Gasteiger partial charge on any atom is -0.507 e. The molecule has 0 aliphatic heterocycles. The second-order valence-electron chi connectivity index (χ2n) is 7.22. The number of aliphatic hydroxyl groups is 1. The summed E-state index contributed by atoms with van der Waals surface area (Å²) in [5.41, 5.74) is 2.05. The lowest BCUT2D eigenvalue weighted by molar-refractivity contribution is 0.0698. The molecular formula is C20H29N3O3. The van der Waals surface area contributed by atoms with E-state index in [1.54, 1.807) is 12.3 Å². The fourth-order valence-electron chi connectivity index (χ4n) is 2.88. The van der Waals surface area contributed by atoms with Gasteiger partial charge in [-0.2, -0.15) is 0 Å². The number of phenolic OH excluding ortho intramolecular Hbond substituents is 1. The Bertz CT molecular complexity index is 766. The van der Waals surface area contributed by atoms with E-state index in [1.165, 1.54) is 4.90 Å². The number of aromatic nitrogens is 2. The Hall–Kier alpha value is -2.34. The van der Waals surface area contributed by atoms with Crippen molar-refractivity contribution >= 4 is 5.91 Å². The van der Waals surface area contributed by atoms with Crippen molar-refractivity contribution in [3.8, 4) is 5.75 Å². The number of aromatic hydroxyl groups is 1. The highest BCUT2D eigenvalue weighted by atomic mass is 16.3. The summed E-state index contributed by atoms with van der Waals surface area (Å²) in [5.74, 6) is 0.776. The third-order valence-corrected chi connectivity index (χ3v) is 4.59. The molecule has 0 unspecified atom stereocenters. The van der Waals surface area contributed by atoms with Crippen LogP contribution in [0.3, 0.4) is 0 Å². The van der Waals surface area contributed by atoms with E-state index < -0.39 is 0 Å². The lowest BCUT2D eigenvalue weighted by Crippen LogP contribution is -2.34. The Balaban J connectivity index is 2.45. The van der Waals surface area contributed by atoms with Crippen LogP contribution in [0.1, 0.15) is 66.8 Å². The van der Waals surface area contributed by atoms with Gasteiger partial charge in [0.2, 0.25) is 0 Å². The maximum atomic E-state index is 13.2.